The van der Waals surface area contributed by atoms with Crippen LogP contribution in [-0.2, 0) is 13.7 Å². The molecule has 146 valence electrons. The number of hydrogen-bond acceptors (Lipinski definition) is 10. The summed E-state index contributed by atoms with van der Waals surface area (Å²) >= 11 is 0. The molecule has 19 heteroatoms. The van der Waals surface area contributed by atoms with Gasteiger partial charge in [-0.15, -0.1) is 0 Å². The number of rotatable bonds is 6. The van der Waals surface area contributed by atoms with Gasteiger partial charge in [-0.05, 0) is 0 Å². The summed E-state index contributed by atoms with van der Waals surface area (Å²) in [7, 11) is -15.8. The zero-order valence-corrected chi connectivity index (χ0v) is 16.3. The molecule has 0 aromatic rings. The molecule has 0 fully saturated rings. The lowest BCUT2D eigenvalue weighted by Gasteiger charge is -2.44. The lowest BCUT2D eigenvalue weighted by Crippen LogP contribution is -2.39. The Bertz CT molecular complexity index is 320. The van der Waals surface area contributed by atoms with Gasteiger partial charge in [0.15, 0.2) is 0 Å². The van der Waals surface area contributed by atoms with Gasteiger partial charge in [0.25, 0.3) is 0 Å². The van der Waals surface area contributed by atoms with E-state index in [4.69, 9.17) is 0 Å². The fourth-order valence-electron chi connectivity index (χ4n) is 0.869. The van der Waals surface area contributed by atoms with Crippen LogP contribution < -0.4 is 66.3 Å². The van der Waals surface area contributed by atoms with Crippen molar-refractivity contribution in [1.82, 2.24) is 41.8 Å². The Hall–Kier alpha value is 0.170. The first-order valence-electron chi connectivity index (χ1n) is 3.54. The van der Waals surface area contributed by atoms with Gasteiger partial charge in [-0.2, -0.15) is 0 Å². The van der Waals surface area contributed by atoms with Crippen molar-refractivity contribution in [3.63, 3.8) is 0 Å². The van der Waals surface area contributed by atoms with Gasteiger partial charge in [-0.3, -0.25) is 4.90 Å². The second-order valence-electron chi connectivity index (χ2n) is 2.93. The van der Waals surface area contributed by atoms with E-state index in [2.05, 4.69) is 0 Å². The maximum atomic E-state index is 10.3. The third kappa shape index (κ3) is 32.2. The Morgan fingerprint density at radius 3 is 0.727 bits per heavy atom. The highest BCUT2D eigenvalue weighted by Gasteiger charge is 2.10. The third-order valence-electron chi connectivity index (χ3n) is 1.12. The highest BCUT2D eigenvalue weighted by molar-refractivity contribution is 7.50. The molecule has 0 saturated carbocycles. The highest BCUT2D eigenvalue weighted by atomic mass is 31.2. The van der Waals surface area contributed by atoms with Crippen LogP contribution >= 0.6 is 22.8 Å². The van der Waals surface area contributed by atoms with Crippen LogP contribution in [0.3, 0.4) is 0 Å². The molecule has 24 N–H and O–H groups in total. The zero-order valence-electron chi connectivity index (χ0n) is 13.6. The summed E-state index contributed by atoms with van der Waals surface area (Å²) in [6.45, 7) is 0. The van der Waals surface area contributed by atoms with Gasteiger partial charge >= 0.3 is 0 Å². The highest BCUT2D eigenvalue weighted by Crippen LogP contribution is 2.35. The van der Waals surface area contributed by atoms with E-state index >= 15 is 0 Å². The summed E-state index contributed by atoms with van der Waals surface area (Å²) in [6.07, 6.45) is -4.55. The first-order chi connectivity index (χ1) is 6.79. The summed E-state index contributed by atoms with van der Waals surface area (Å²) in [5.41, 5.74) is 0. The maximum Gasteiger partial charge on any atom is 0.0268 e. The van der Waals surface area contributed by atoms with Crippen LogP contribution in [0, 0.1) is 0 Å². The summed E-state index contributed by atoms with van der Waals surface area (Å²) in [4.78, 5) is 61.5. The van der Waals surface area contributed by atoms with Gasteiger partial charge in [0.1, 0.15) is 0 Å². The zero-order chi connectivity index (χ0) is 13.2. The molecule has 0 aromatic heterocycles. The molecule has 0 radical (unpaired) electrons. The Balaban J connectivity index is -0.0000000750. The van der Waals surface area contributed by atoms with Crippen LogP contribution in [0.15, 0.2) is 0 Å². The molecule has 0 amide bonds. The molecule has 0 aliphatic heterocycles. The molecule has 0 saturated heterocycles. The maximum absolute atomic E-state index is 10.3. The molecule has 16 nitrogen and oxygen atoms in total. The molecule has 0 bridgehead atoms. The van der Waals surface area contributed by atoms with Gasteiger partial charge < -0.3 is 80.0 Å². The van der Waals surface area contributed by atoms with Crippen molar-refractivity contribution in [2.24, 2.45) is 0 Å². The van der Waals surface area contributed by atoms with Crippen molar-refractivity contribution >= 4 is 22.8 Å². The van der Waals surface area contributed by atoms with Crippen molar-refractivity contribution in [1.29, 1.82) is 0 Å². The smallest absolute Gasteiger partial charge is 0.0268 e. The largest absolute Gasteiger partial charge is 0.810 e. The molecular formula is C3H30N7O9P3. The second-order valence-corrected chi connectivity index (χ2v) is 7.44. The van der Waals surface area contributed by atoms with E-state index in [1.165, 1.54) is 0 Å². The normalized spacial score (nSPS) is 10.5. The first kappa shape index (κ1) is 43.2. The Kier molecular flexibility index (Phi) is 28.9. The minimum absolute atomic E-state index is 0. The van der Waals surface area contributed by atoms with Crippen molar-refractivity contribution in [3.8, 4) is 0 Å². The summed E-state index contributed by atoms with van der Waals surface area (Å²) in [5, 5.41) is 0. The standard InChI is InChI=1S/C3H12NO9P3.6H3N/c5-14(6,7)1-4(2-15(8,9)10)3-16(11,12)13;;;;;;/h1-3H2,(H2,5,6,7)(H2,8,9,10)(H2,11,12,13);6*1H3. The predicted octanol–water partition coefficient (Wildman–Crippen LogP) is -2.84. The Morgan fingerprint density at radius 2 is 0.636 bits per heavy atom. The minimum atomic E-state index is -5.27. The average molecular weight is 401 g/mol. The molecule has 0 rings (SSSR count). The van der Waals surface area contributed by atoms with Gasteiger partial charge in [0.2, 0.25) is 0 Å². The van der Waals surface area contributed by atoms with E-state index in [0.29, 0.717) is 0 Å². The van der Waals surface area contributed by atoms with Crippen molar-refractivity contribution in [3.05, 3.63) is 0 Å². The van der Waals surface area contributed by atoms with E-state index in [1.807, 2.05) is 0 Å². The molecule has 0 aliphatic rings. The Labute approximate surface area is 127 Å². The SMILES string of the molecule is O=P([O-])([O-])CN(CP(=O)([O-])[O-])CP(=O)([O-])[O-].[NH4+].[NH4+].[NH4+].[NH4+].[NH4+].[NH4+]. The van der Waals surface area contributed by atoms with E-state index < -0.39 is 41.6 Å². The van der Waals surface area contributed by atoms with Crippen molar-refractivity contribution in [2.45, 2.75) is 0 Å². The lowest BCUT2D eigenvalue weighted by atomic mass is 11.0. The van der Waals surface area contributed by atoms with Crippen LogP contribution in [0.2, 0.25) is 0 Å². The first-order valence-corrected chi connectivity index (χ1v) is 8.72. The average Bonchev–Trinajstić information content (AvgIpc) is 1.70. The van der Waals surface area contributed by atoms with E-state index in [9.17, 15) is 43.1 Å². The van der Waals surface area contributed by atoms with Crippen molar-refractivity contribution in [2.75, 3.05) is 18.9 Å². The van der Waals surface area contributed by atoms with E-state index in [0.717, 1.165) is 0 Å². The molecule has 22 heavy (non-hydrogen) atoms. The topological polar surface area (TPSA) is 412 Å². The molecule has 0 spiro atoms. The van der Waals surface area contributed by atoms with Crippen LogP contribution in [-0.4, -0.2) is 23.8 Å². The van der Waals surface area contributed by atoms with E-state index in [-0.39, 0.29) is 41.8 Å². The van der Waals surface area contributed by atoms with Crippen LogP contribution in [0.25, 0.3) is 0 Å². The van der Waals surface area contributed by atoms with E-state index in [1.54, 1.807) is 0 Å². The minimum Gasteiger partial charge on any atom is -0.810 e. The molecular weight excluding hydrogens is 371 g/mol. The summed E-state index contributed by atoms with van der Waals surface area (Å²) in [6, 6.07) is 0. The van der Waals surface area contributed by atoms with Gasteiger partial charge in [-0.1, -0.05) is 22.8 Å². The van der Waals surface area contributed by atoms with Gasteiger partial charge in [-0.25, -0.2) is 0 Å². The monoisotopic (exact) mass is 401 g/mol. The lowest BCUT2D eigenvalue weighted by molar-refractivity contribution is -0.320. The summed E-state index contributed by atoms with van der Waals surface area (Å²) in [5.74, 6) is 0. The van der Waals surface area contributed by atoms with Crippen LogP contribution in [0.4, 0.5) is 0 Å². The number of nitrogens with zero attached hydrogens (tertiary/aromatic N) is 1. The molecule has 0 aromatic carbocycles. The fraction of sp³-hybridized carbons (Fsp3) is 1.00. The number of quaternary nitrogens is 6. The second kappa shape index (κ2) is 14.7. The quantitative estimate of drug-likeness (QED) is 0.247. The van der Waals surface area contributed by atoms with Gasteiger partial charge in [0.05, 0.1) is 0 Å². The molecule has 0 heterocycles. The predicted molar refractivity (Wildman–Crippen MR) is 75.2 cm³/mol. The Morgan fingerprint density at radius 1 is 0.500 bits per heavy atom. The molecule has 0 aliphatic carbocycles. The van der Waals surface area contributed by atoms with Gasteiger partial charge in [0, 0.05) is 18.9 Å². The molecule has 0 unspecified atom stereocenters. The molecule has 0 atom stereocenters. The van der Waals surface area contributed by atoms with Crippen LogP contribution in [0.5, 0.6) is 0 Å². The van der Waals surface area contributed by atoms with Crippen molar-refractivity contribution < 1.29 is 43.1 Å². The van der Waals surface area contributed by atoms with Crippen LogP contribution in [0.1, 0.15) is 0 Å². The fourth-order valence-corrected chi connectivity index (χ4v) is 3.41. The number of hydrogen-bond donors (Lipinski definition) is 6. The summed E-state index contributed by atoms with van der Waals surface area (Å²) < 4.78 is 30.8. The third-order valence-corrected chi connectivity index (χ3v) is 3.36.